The van der Waals surface area contributed by atoms with Gasteiger partial charge in [-0.05, 0) is 44.2 Å². The van der Waals surface area contributed by atoms with E-state index in [-0.39, 0.29) is 17.9 Å². The summed E-state index contributed by atoms with van der Waals surface area (Å²) in [6.07, 6.45) is 10.6. The first-order valence-electron chi connectivity index (χ1n) is 8.80. The maximum Gasteiger partial charge on any atom is 0.272 e. The second-order valence-corrected chi connectivity index (χ2v) is 6.59. The summed E-state index contributed by atoms with van der Waals surface area (Å²) in [6.45, 7) is 1.58. The van der Waals surface area contributed by atoms with E-state index in [0.717, 1.165) is 38.8 Å². The number of aromatic nitrogens is 1. The van der Waals surface area contributed by atoms with Crippen LogP contribution < -0.4 is 5.32 Å². The number of amides is 2. The first-order chi connectivity index (χ1) is 11.2. The Kier molecular flexibility index (Phi) is 5.26. The van der Waals surface area contributed by atoms with Crippen LogP contribution in [0.25, 0.3) is 0 Å². The Bertz CT molecular complexity index is 561. The van der Waals surface area contributed by atoms with Crippen molar-refractivity contribution >= 4 is 11.8 Å². The number of rotatable bonds is 3. The van der Waals surface area contributed by atoms with Crippen molar-refractivity contribution in [3.63, 3.8) is 0 Å². The predicted octanol–water partition coefficient (Wildman–Crippen LogP) is 2.77. The van der Waals surface area contributed by atoms with Crippen LogP contribution >= 0.6 is 0 Å². The lowest BCUT2D eigenvalue weighted by atomic mass is 9.95. The van der Waals surface area contributed by atoms with E-state index in [1.165, 1.54) is 25.7 Å². The molecular weight excluding hydrogens is 290 g/mol. The fourth-order valence-corrected chi connectivity index (χ4v) is 3.46. The van der Waals surface area contributed by atoms with Crippen LogP contribution in [0.5, 0.6) is 0 Å². The Morgan fingerprint density at radius 1 is 1.04 bits per heavy atom. The van der Waals surface area contributed by atoms with Crippen molar-refractivity contribution < 1.29 is 9.59 Å². The number of hydrogen-bond donors (Lipinski definition) is 1. The number of nitrogens with one attached hydrogen (secondary N) is 1. The fraction of sp³-hybridized carbons (Fsp3) is 0.611. The molecule has 0 spiro atoms. The number of carbonyl (C=O) groups is 2. The highest BCUT2D eigenvalue weighted by molar-refractivity contribution is 5.98. The minimum Gasteiger partial charge on any atom is -0.349 e. The van der Waals surface area contributed by atoms with Gasteiger partial charge in [-0.15, -0.1) is 0 Å². The highest BCUT2D eigenvalue weighted by Crippen LogP contribution is 2.18. The smallest absolute Gasteiger partial charge is 0.272 e. The highest BCUT2D eigenvalue weighted by atomic mass is 16.2. The molecule has 124 valence electrons. The molecule has 2 amide bonds. The molecule has 1 aliphatic carbocycles. The molecule has 1 N–H and O–H groups in total. The molecule has 2 heterocycles. The van der Waals surface area contributed by atoms with Gasteiger partial charge in [0.25, 0.3) is 11.8 Å². The Morgan fingerprint density at radius 3 is 2.48 bits per heavy atom. The summed E-state index contributed by atoms with van der Waals surface area (Å²) in [4.78, 5) is 30.9. The molecule has 5 heteroatoms. The molecule has 1 aromatic heterocycles. The lowest BCUT2D eigenvalue weighted by molar-refractivity contribution is 0.0718. The number of hydrogen-bond acceptors (Lipinski definition) is 3. The maximum absolute atomic E-state index is 12.5. The molecule has 0 aromatic carbocycles. The summed E-state index contributed by atoms with van der Waals surface area (Å²) in [5.41, 5.74) is 0.911. The monoisotopic (exact) mass is 315 g/mol. The first-order valence-corrected chi connectivity index (χ1v) is 8.80. The normalized spacial score (nSPS) is 19.4. The zero-order valence-electron chi connectivity index (χ0n) is 13.6. The van der Waals surface area contributed by atoms with Gasteiger partial charge in [0.2, 0.25) is 0 Å². The predicted molar refractivity (Wildman–Crippen MR) is 88.3 cm³/mol. The van der Waals surface area contributed by atoms with Crippen LogP contribution in [0.4, 0.5) is 0 Å². The molecule has 1 aliphatic heterocycles. The van der Waals surface area contributed by atoms with E-state index in [1.54, 1.807) is 18.3 Å². The summed E-state index contributed by atoms with van der Waals surface area (Å²) < 4.78 is 0. The third-order valence-electron chi connectivity index (χ3n) is 4.82. The molecular formula is C18H25N3O2. The van der Waals surface area contributed by atoms with Gasteiger partial charge in [-0.3, -0.25) is 14.6 Å². The lowest BCUT2D eigenvalue weighted by Gasteiger charge is -2.26. The van der Waals surface area contributed by atoms with Crippen LogP contribution in [0, 0.1) is 0 Å². The summed E-state index contributed by atoms with van der Waals surface area (Å²) in [6, 6.07) is 3.59. The second-order valence-electron chi connectivity index (χ2n) is 6.59. The molecule has 1 saturated heterocycles. The quantitative estimate of drug-likeness (QED) is 0.933. The van der Waals surface area contributed by atoms with Gasteiger partial charge in [-0.1, -0.05) is 19.3 Å². The zero-order chi connectivity index (χ0) is 16.1. The molecule has 23 heavy (non-hydrogen) atoms. The molecule has 0 unspecified atom stereocenters. The Labute approximate surface area is 137 Å². The third kappa shape index (κ3) is 4.09. The van der Waals surface area contributed by atoms with Crippen molar-refractivity contribution in [1.29, 1.82) is 0 Å². The largest absolute Gasteiger partial charge is 0.349 e. The molecule has 1 aromatic rings. The van der Waals surface area contributed by atoms with Crippen molar-refractivity contribution in [1.82, 2.24) is 15.2 Å². The average molecular weight is 315 g/mol. The summed E-state index contributed by atoms with van der Waals surface area (Å²) in [5, 5.41) is 3.09. The summed E-state index contributed by atoms with van der Waals surface area (Å²) >= 11 is 0. The number of likely N-dealkylation sites (tertiary alicyclic amines) is 1. The van der Waals surface area contributed by atoms with Crippen LogP contribution in [0.3, 0.4) is 0 Å². The van der Waals surface area contributed by atoms with Crippen molar-refractivity contribution in [2.45, 2.75) is 57.4 Å². The van der Waals surface area contributed by atoms with E-state index in [2.05, 4.69) is 10.3 Å². The number of pyridine rings is 1. The Hall–Kier alpha value is -1.91. The van der Waals surface area contributed by atoms with Gasteiger partial charge in [0.15, 0.2) is 0 Å². The van der Waals surface area contributed by atoms with Gasteiger partial charge in [0.05, 0.1) is 0 Å². The van der Waals surface area contributed by atoms with Gasteiger partial charge in [0, 0.05) is 30.9 Å². The molecule has 5 nitrogen and oxygen atoms in total. The van der Waals surface area contributed by atoms with Crippen molar-refractivity contribution in [2.24, 2.45) is 0 Å². The van der Waals surface area contributed by atoms with Gasteiger partial charge in [0.1, 0.15) is 5.69 Å². The highest BCUT2D eigenvalue weighted by Gasteiger charge is 2.21. The Balaban J connectivity index is 1.66. The number of nitrogens with zero attached hydrogens (tertiary/aromatic N) is 2. The van der Waals surface area contributed by atoms with Crippen molar-refractivity contribution in [2.75, 3.05) is 13.1 Å². The van der Waals surface area contributed by atoms with E-state index in [9.17, 15) is 9.59 Å². The Morgan fingerprint density at radius 2 is 1.74 bits per heavy atom. The van der Waals surface area contributed by atoms with E-state index in [0.29, 0.717) is 11.3 Å². The molecule has 0 radical (unpaired) electrons. The number of carbonyl (C=O) groups excluding carboxylic acids is 2. The minimum absolute atomic E-state index is 0.0583. The van der Waals surface area contributed by atoms with Crippen molar-refractivity contribution in [3.8, 4) is 0 Å². The first kappa shape index (κ1) is 16.0. The topological polar surface area (TPSA) is 62.3 Å². The molecule has 2 aliphatic rings. The van der Waals surface area contributed by atoms with Crippen LogP contribution in [0.2, 0.25) is 0 Å². The van der Waals surface area contributed by atoms with Gasteiger partial charge in [-0.2, -0.15) is 0 Å². The van der Waals surface area contributed by atoms with Crippen LogP contribution in [-0.2, 0) is 0 Å². The fourth-order valence-electron chi connectivity index (χ4n) is 3.46. The van der Waals surface area contributed by atoms with Crippen molar-refractivity contribution in [3.05, 3.63) is 29.6 Å². The number of piperidine rings is 1. The zero-order valence-corrected chi connectivity index (χ0v) is 13.6. The van der Waals surface area contributed by atoms with E-state index < -0.39 is 0 Å². The standard InChI is InChI=1S/C18H25N3O2/c22-17(20-15-7-3-1-4-8-15)14-9-10-19-16(13-14)18(23)21-11-5-2-6-12-21/h9-10,13,15H,1-8,11-12H2,(H,20,22). The van der Waals surface area contributed by atoms with Gasteiger partial charge in [-0.25, -0.2) is 0 Å². The van der Waals surface area contributed by atoms with Crippen LogP contribution in [0.15, 0.2) is 18.3 Å². The van der Waals surface area contributed by atoms with E-state index >= 15 is 0 Å². The van der Waals surface area contributed by atoms with E-state index in [1.807, 2.05) is 4.90 Å². The molecule has 2 fully saturated rings. The molecule has 1 saturated carbocycles. The van der Waals surface area contributed by atoms with E-state index in [4.69, 9.17) is 0 Å². The minimum atomic E-state index is -0.0907. The average Bonchev–Trinajstić information content (AvgIpc) is 2.63. The second kappa shape index (κ2) is 7.57. The van der Waals surface area contributed by atoms with Gasteiger partial charge < -0.3 is 10.2 Å². The van der Waals surface area contributed by atoms with Crippen LogP contribution in [0.1, 0.15) is 72.2 Å². The van der Waals surface area contributed by atoms with Gasteiger partial charge >= 0.3 is 0 Å². The lowest BCUT2D eigenvalue weighted by Crippen LogP contribution is -2.37. The SMILES string of the molecule is O=C(NC1CCCCC1)c1ccnc(C(=O)N2CCCCC2)c1. The summed E-state index contributed by atoms with van der Waals surface area (Å²) in [5.74, 6) is -0.149. The molecule has 0 atom stereocenters. The van der Waals surface area contributed by atoms with Crippen LogP contribution in [-0.4, -0.2) is 40.8 Å². The third-order valence-corrected chi connectivity index (χ3v) is 4.82. The summed E-state index contributed by atoms with van der Waals surface area (Å²) in [7, 11) is 0. The molecule has 3 rings (SSSR count). The molecule has 0 bridgehead atoms. The maximum atomic E-state index is 12.5.